The maximum absolute atomic E-state index is 4.07. The Bertz CT molecular complexity index is 342. The van der Waals surface area contributed by atoms with E-state index in [1.807, 2.05) is 25.1 Å². The Labute approximate surface area is 92.6 Å². The number of hydrogen-bond acceptors (Lipinski definition) is 0. The number of benzene rings is 1. The number of hydrogen-bond donors (Lipinski definition) is 0. The third kappa shape index (κ3) is 5.02. The van der Waals surface area contributed by atoms with Crippen molar-refractivity contribution in [2.24, 2.45) is 0 Å². The molecule has 15 heavy (non-hydrogen) atoms. The van der Waals surface area contributed by atoms with Crippen LogP contribution in [0.15, 0.2) is 66.8 Å². The summed E-state index contributed by atoms with van der Waals surface area (Å²) in [5.74, 6) is 0. The Morgan fingerprint density at radius 2 is 1.93 bits per heavy atom. The second-order valence-electron chi connectivity index (χ2n) is 3.57. The second kappa shape index (κ2) is 6.83. The lowest BCUT2D eigenvalue weighted by atomic mass is 10.0. The Kier molecular flexibility index (Phi) is 5.24. The molecule has 0 bridgehead atoms. The Hall–Kier alpha value is -1.56. The van der Waals surface area contributed by atoms with E-state index in [1.54, 1.807) is 0 Å². The predicted octanol–water partition coefficient (Wildman–Crippen LogP) is 4.31. The average Bonchev–Trinajstić information content (AvgIpc) is 2.26. The molecule has 0 aliphatic heterocycles. The zero-order chi connectivity index (χ0) is 10.9. The highest BCUT2D eigenvalue weighted by molar-refractivity contribution is 5.21. The molecule has 0 atom stereocenters. The van der Waals surface area contributed by atoms with Crippen molar-refractivity contribution in [3.8, 4) is 0 Å². The topological polar surface area (TPSA) is 0 Å². The van der Waals surface area contributed by atoms with Gasteiger partial charge in [0.2, 0.25) is 0 Å². The summed E-state index contributed by atoms with van der Waals surface area (Å²) < 4.78 is 0. The fourth-order valence-electron chi connectivity index (χ4n) is 1.38. The lowest BCUT2D eigenvalue weighted by molar-refractivity contribution is 1.08. The number of allylic oxidation sites excluding steroid dienone is 5. The Morgan fingerprint density at radius 3 is 2.60 bits per heavy atom. The van der Waals surface area contributed by atoms with E-state index in [9.17, 15) is 0 Å². The Balaban J connectivity index is 2.37. The van der Waals surface area contributed by atoms with Crippen LogP contribution in [0.2, 0.25) is 0 Å². The van der Waals surface area contributed by atoms with Gasteiger partial charge in [0.15, 0.2) is 0 Å². The van der Waals surface area contributed by atoms with Crippen LogP contribution in [0.3, 0.4) is 0 Å². The van der Waals surface area contributed by atoms with Crippen molar-refractivity contribution >= 4 is 0 Å². The summed E-state index contributed by atoms with van der Waals surface area (Å²) in [6.45, 7) is 6.09. The summed E-state index contributed by atoms with van der Waals surface area (Å²) >= 11 is 0. The molecule has 0 unspecified atom stereocenters. The predicted molar refractivity (Wildman–Crippen MR) is 67.9 cm³/mol. The largest absolute Gasteiger partial charge is 0.0992 e. The maximum Gasteiger partial charge on any atom is -0.00667 e. The molecule has 0 saturated carbocycles. The first kappa shape index (κ1) is 11.5. The van der Waals surface area contributed by atoms with Gasteiger partial charge in [-0.25, -0.2) is 0 Å². The third-order valence-electron chi connectivity index (χ3n) is 2.14. The number of rotatable bonds is 5. The standard InChI is InChI=1S/C15H18/c1-3-4-5-7-10-14(2)13-15-11-8-6-9-12-15/h3-9,11-12H,2,10,13H2,1H3/b4-3-,7-5-. The molecule has 0 radical (unpaired) electrons. The highest BCUT2D eigenvalue weighted by atomic mass is 14.0. The van der Waals surface area contributed by atoms with Crippen molar-refractivity contribution in [1.82, 2.24) is 0 Å². The van der Waals surface area contributed by atoms with Crippen LogP contribution in [-0.2, 0) is 6.42 Å². The molecule has 1 aromatic rings. The van der Waals surface area contributed by atoms with Crippen LogP contribution in [0, 0.1) is 0 Å². The molecule has 0 heterocycles. The van der Waals surface area contributed by atoms with Crippen molar-refractivity contribution in [3.63, 3.8) is 0 Å². The van der Waals surface area contributed by atoms with Gasteiger partial charge in [-0.3, -0.25) is 0 Å². The van der Waals surface area contributed by atoms with Gasteiger partial charge in [-0.2, -0.15) is 0 Å². The molecular weight excluding hydrogens is 180 g/mol. The van der Waals surface area contributed by atoms with Crippen LogP contribution in [0.1, 0.15) is 18.9 Å². The molecule has 0 aliphatic rings. The van der Waals surface area contributed by atoms with Gasteiger partial charge in [-0.15, -0.1) is 0 Å². The minimum absolute atomic E-state index is 0.958. The third-order valence-corrected chi connectivity index (χ3v) is 2.14. The lowest BCUT2D eigenvalue weighted by Gasteiger charge is -2.02. The van der Waals surface area contributed by atoms with Crippen molar-refractivity contribution in [2.75, 3.05) is 0 Å². The van der Waals surface area contributed by atoms with E-state index in [2.05, 4.69) is 43.0 Å². The molecule has 0 amide bonds. The normalized spacial score (nSPS) is 11.3. The summed E-state index contributed by atoms with van der Waals surface area (Å²) in [7, 11) is 0. The fraction of sp³-hybridized carbons (Fsp3) is 0.200. The minimum Gasteiger partial charge on any atom is -0.0992 e. The van der Waals surface area contributed by atoms with Crippen LogP contribution in [-0.4, -0.2) is 0 Å². The fourth-order valence-corrected chi connectivity index (χ4v) is 1.38. The van der Waals surface area contributed by atoms with E-state index < -0.39 is 0 Å². The van der Waals surface area contributed by atoms with Crippen LogP contribution in [0.4, 0.5) is 0 Å². The highest BCUT2D eigenvalue weighted by Crippen LogP contribution is 2.09. The molecule has 0 N–H and O–H groups in total. The van der Waals surface area contributed by atoms with Gasteiger partial charge in [-0.1, -0.05) is 66.8 Å². The molecule has 0 aliphatic carbocycles. The summed E-state index contributed by atoms with van der Waals surface area (Å²) in [4.78, 5) is 0. The molecule has 0 spiro atoms. The first-order valence-electron chi connectivity index (χ1n) is 5.31. The monoisotopic (exact) mass is 198 g/mol. The van der Waals surface area contributed by atoms with Gasteiger partial charge in [0, 0.05) is 0 Å². The van der Waals surface area contributed by atoms with E-state index in [4.69, 9.17) is 0 Å². The molecule has 1 rings (SSSR count). The van der Waals surface area contributed by atoms with Crippen molar-refractivity contribution in [1.29, 1.82) is 0 Å². The van der Waals surface area contributed by atoms with E-state index in [0.717, 1.165) is 12.8 Å². The summed E-state index contributed by atoms with van der Waals surface area (Å²) in [5, 5.41) is 0. The molecule has 1 aromatic carbocycles. The molecule has 78 valence electrons. The van der Waals surface area contributed by atoms with Crippen molar-refractivity contribution in [2.45, 2.75) is 19.8 Å². The molecule has 0 nitrogen and oxygen atoms in total. The van der Waals surface area contributed by atoms with E-state index >= 15 is 0 Å². The van der Waals surface area contributed by atoms with Gasteiger partial charge in [-0.05, 0) is 25.3 Å². The molecule has 0 aromatic heterocycles. The zero-order valence-electron chi connectivity index (χ0n) is 9.32. The van der Waals surface area contributed by atoms with Crippen LogP contribution in [0.5, 0.6) is 0 Å². The highest BCUT2D eigenvalue weighted by Gasteiger charge is 1.93. The lowest BCUT2D eigenvalue weighted by Crippen LogP contribution is -1.87. The summed E-state index contributed by atoms with van der Waals surface area (Å²) in [6, 6.07) is 10.5. The summed E-state index contributed by atoms with van der Waals surface area (Å²) in [5.41, 5.74) is 2.59. The van der Waals surface area contributed by atoms with E-state index in [0.29, 0.717) is 0 Å². The molecule has 0 fully saturated rings. The Morgan fingerprint density at radius 1 is 1.20 bits per heavy atom. The van der Waals surface area contributed by atoms with Crippen LogP contribution in [0.25, 0.3) is 0 Å². The second-order valence-corrected chi connectivity index (χ2v) is 3.57. The van der Waals surface area contributed by atoms with Gasteiger partial charge in [0.25, 0.3) is 0 Å². The van der Waals surface area contributed by atoms with Crippen molar-refractivity contribution in [3.05, 3.63) is 72.4 Å². The summed E-state index contributed by atoms with van der Waals surface area (Å²) in [6.07, 6.45) is 10.2. The van der Waals surface area contributed by atoms with Gasteiger partial charge in [0.1, 0.15) is 0 Å². The smallest absolute Gasteiger partial charge is 0.00667 e. The van der Waals surface area contributed by atoms with Crippen LogP contribution >= 0.6 is 0 Å². The van der Waals surface area contributed by atoms with Crippen LogP contribution < -0.4 is 0 Å². The van der Waals surface area contributed by atoms with Gasteiger partial charge in [0.05, 0.1) is 0 Å². The minimum atomic E-state index is 0.958. The quantitative estimate of drug-likeness (QED) is 0.488. The molecule has 0 saturated heterocycles. The first-order chi connectivity index (χ1) is 7.33. The van der Waals surface area contributed by atoms with Gasteiger partial charge >= 0.3 is 0 Å². The van der Waals surface area contributed by atoms with Crippen molar-refractivity contribution < 1.29 is 0 Å². The molecule has 0 heteroatoms. The maximum atomic E-state index is 4.07. The zero-order valence-corrected chi connectivity index (χ0v) is 9.32. The van der Waals surface area contributed by atoms with E-state index in [1.165, 1.54) is 11.1 Å². The van der Waals surface area contributed by atoms with E-state index in [-0.39, 0.29) is 0 Å². The SMILES string of the molecule is C=C(C/C=C\C=C/C)Cc1ccccc1. The average molecular weight is 198 g/mol. The molecular formula is C15H18. The first-order valence-corrected chi connectivity index (χ1v) is 5.31. The van der Waals surface area contributed by atoms with Gasteiger partial charge < -0.3 is 0 Å².